The minimum Gasteiger partial charge on any atom is -0.213 e. The third-order valence-electron chi connectivity index (χ3n) is 1.52. The number of alkyl halides is 6. The number of allylic oxidation sites excluding steroid dienone is 1. The van der Waals surface area contributed by atoms with E-state index in [-0.39, 0.29) is 11.6 Å². The Morgan fingerprint density at radius 3 is 1.59 bits per heavy atom. The smallest absolute Gasteiger partial charge is 0.213 e. The van der Waals surface area contributed by atoms with Crippen molar-refractivity contribution >= 4 is 69.6 Å². The predicted octanol–water partition coefficient (Wildman–Crippen LogP) is 4.25. The normalized spacial score (nSPS) is 12.6. The lowest BCUT2D eigenvalue weighted by Crippen LogP contribution is -2.17. The molecule has 1 heterocycles. The molecule has 9 heteroatoms. The van der Waals surface area contributed by atoms with Gasteiger partial charge in [-0.15, -0.1) is 6.58 Å². The average Bonchev–Trinajstić information content (AvgIpc) is 2.15. The van der Waals surface area contributed by atoms with Gasteiger partial charge in [-0.05, 0) is 0 Å². The maximum Gasteiger partial charge on any atom is 0.250 e. The van der Waals surface area contributed by atoms with E-state index < -0.39 is 7.59 Å². The molecule has 0 aliphatic rings. The van der Waals surface area contributed by atoms with Crippen LogP contribution in [0.2, 0.25) is 0 Å². The summed E-state index contributed by atoms with van der Waals surface area (Å²) in [7, 11) is 0. The van der Waals surface area contributed by atoms with E-state index in [1.165, 1.54) is 0 Å². The average molecular weight is 356 g/mol. The van der Waals surface area contributed by atoms with Crippen LogP contribution in [-0.2, 0) is 14.0 Å². The molecule has 0 aromatic carbocycles. The molecule has 1 rings (SSSR count). The highest BCUT2D eigenvalue weighted by molar-refractivity contribution is 6.67. The van der Waals surface area contributed by atoms with Crippen molar-refractivity contribution in [1.82, 2.24) is 15.0 Å². The van der Waals surface area contributed by atoms with Gasteiger partial charge in [0.25, 0.3) is 0 Å². The summed E-state index contributed by atoms with van der Waals surface area (Å²) < 4.78 is -3.63. The van der Waals surface area contributed by atoms with Crippen molar-refractivity contribution in [1.29, 1.82) is 0 Å². The Balaban J connectivity index is 3.34. The Labute approximate surface area is 128 Å². The van der Waals surface area contributed by atoms with Crippen molar-refractivity contribution in [3.05, 3.63) is 30.1 Å². The molecular weight excluding hydrogens is 351 g/mol. The summed E-state index contributed by atoms with van der Waals surface area (Å²) >= 11 is 34.1. The van der Waals surface area contributed by atoms with Crippen LogP contribution in [0.15, 0.2) is 12.7 Å². The molecule has 1 aromatic heterocycles. The monoisotopic (exact) mass is 353 g/mol. The van der Waals surface area contributed by atoms with E-state index in [0.29, 0.717) is 12.2 Å². The summed E-state index contributed by atoms with van der Waals surface area (Å²) in [4.78, 5) is 11.7. The maximum atomic E-state index is 5.68. The Hall–Kier alpha value is 0.490. The zero-order valence-electron chi connectivity index (χ0n) is 8.10. The van der Waals surface area contributed by atoms with Crippen molar-refractivity contribution < 1.29 is 0 Å². The summed E-state index contributed by atoms with van der Waals surface area (Å²) in [5.74, 6) is 0.101. The van der Waals surface area contributed by atoms with Crippen LogP contribution < -0.4 is 0 Å². The van der Waals surface area contributed by atoms with Gasteiger partial charge in [-0.1, -0.05) is 75.7 Å². The molecule has 0 atom stereocenters. The molecule has 0 aliphatic heterocycles. The van der Waals surface area contributed by atoms with Crippen molar-refractivity contribution in [3.63, 3.8) is 0 Å². The predicted molar refractivity (Wildman–Crippen MR) is 72.2 cm³/mol. The molecule has 0 spiro atoms. The van der Waals surface area contributed by atoms with Gasteiger partial charge in [0.05, 0.1) is 0 Å². The van der Waals surface area contributed by atoms with E-state index in [0.717, 1.165) is 0 Å². The third-order valence-corrected chi connectivity index (χ3v) is 2.53. The lowest BCUT2D eigenvalue weighted by Gasteiger charge is -2.15. The molecule has 0 radical (unpaired) electrons. The van der Waals surface area contributed by atoms with Gasteiger partial charge in [0.15, 0.2) is 11.6 Å². The third kappa shape index (κ3) is 4.58. The first kappa shape index (κ1) is 15.5. The zero-order valence-corrected chi connectivity index (χ0v) is 12.6. The zero-order chi connectivity index (χ0) is 13.3. The van der Waals surface area contributed by atoms with Gasteiger partial charge in [0.2, 0.25) is 7.59 Å². The van der Waals surface area contributed by atoms with Crippen molar-refractivity contribution in [2.75, 3.05) is 0 Å². The van der Waals surface area contributed by atoms with Crippen LogP contribution >= 0.6 is 69.6 Å². The van der Waals surface area contributed by atoms with Gasteiger partial charge in [0, 0.05) is 6.42 Å². The fraction of sp³-hybridized carbons (Fsp3) is 0.375. The molecule has 0 bridgehead atoms. The summed E-state index contributed by atoms with van der Waals surface area (Å²) in [5.41, 5.74) is 0. The van der Waals surface area contributed by atoms with Crippen LogP contribution in [0.4, 0.5) is 0 Å². The maximum absolute atomic E-state index is 5.68. The van der Waals surface area contributed by atoms with E-state index in [1.54, 1.807) is 6.08 Å². The molecule has 0 saturated heterocycles. The van der Waals surface area contributed by atoms with Gasteiger partial charge in [-0.2, -0.15) is 0 Å². The first-order chi connectivity index (χ1) is 7.64. The number of aromatic nitrogens is 3. The minimum atomic E-state index is -1.82. The van der Waals surface area contributed by atoms with E-state index in [1.807, 2.05) is 0 Å². The van der Waals surface area contributed by atoms with Gasteiger partial charge in [0.1, 0.15) is 5.82 Å². The van der Waals surface area contributed by atoms with Crippen molar-refractivity contribution in [2.24, 2.45) is 0 Å². The number of nitrogens with zero attached hydrogens (tertiary/aromatic N) is 3. The Bertz CT molecular complexity index is 390. The highest BCUT2D eigenvalue weighted by Gasteiger charge is 2.33. The van der Waals surface area contributed by atoms with Crippen LogP contribution in [-0.4, -0.2) is 15.0 Å². The molecule has 1 aromatic rings. The van der Waals surface area contributed by atoms with E-state index in [2.05, 4.69) is 21.5 Å². The lowest BCUT2D eigenvalue weighted by molar-refractivity contribution is 0.797. The number of halogens is 6. The second-order valence-electron chi connectivity index (χ2n) is 2.89. The van der Waals surface area contributed by atoms with Crippen LogP contribution in [0.1, 0.15) is 17.5 Å². The first-order valence-electron chi connectivity index (χ1n) is 4.15. The number of rotatable bonds is 2. The van der Waals surface area contributed by atoms with Crippen LogP contribution in [0, 0.1) is 0 Å². The largest absolute Gasteiger partial charge is 0.250 e. The summed E-state index contributed by atoms with van der Waals surface area (Å²) in [5, 5.41) is 0. The Morgan fingerprint density at radius 2 is 1.29 bits per heavy atom. The topological polar surface area (TPSA) is 38.7 Å². The lowest BCUT2D eigenvalue weighted by atomic mass is 10.4. The quantitative estimate of drug-likeness (QED) is 0.588. The van der Waals surface area contributed by atoms with Crippen LogP contribution in [0.3, 0.4) is 0 Å². The van der Waals surface area contributed by atoms with Crippen molar-refractivity contribution in [3.8, 4) is 0 Å². The van der Waals surface area contributed by atoms with E-state index in [4.69, 9.17) is 69.6 Å². The molecule has 0 amide bonds. The summed E-state index contributed by atoms with van der Waals surface area (Å²) in [6.45, 7) is 3.54. The van der Waals surface area contributed by atoms with Crippen LogP contribution in [0.5, 0.6) is 0 Å². The second-order valence-corrected chi connectivity index (χ2v) is 7.45. The second kappa shape index (κ2) is 5.64. The van der Waals surface area contributed by atoms with Gasteiger partial charge in [-0.3, -0.25) is 0 Å². The number of hydrogen-bond donors (Lipinski definition) is 0. The van der Waals surface area contributed by atoms with E-state index >= 15 is 0 Å². The van der Waals surface area contributed by atoms with Crippen LogP contribution in [0.25, 0.3) is 0 Å². The highest BCUT2D eigenvalue weighted by atomic mass is 35.6. The first-order valence-corrected chi connectivity index (χ1v) is 6.41. The highest BCUT2D eigenvalue weighted by Crippen LogP contribution is 2.39. The molecule has 0 fully saturated rings. The summed E-state index contributed by atoms with van der Waals surface area (Å²) in [6.07, 6.45) is 1.91. The SMILES string of the molecule is C=CCc1nc(C(Cl)(Cl)Cl)nc(C(Cl)(Cl)Cl)n1. The molecule has 0 aliphatic carbocycles. The number of hydrogen-bond acceptors (Lipinski definition) is 3. The minimum absolute atomic E-state index is 0.101. The Kier molecular flexibility index (Phi) is 5.16. The molecule has 0 N–H and O–H groups in total. The Morgan fingerprint density at radius 1 is 0.882 bits per heavy atom. The molecule has 0 unspecified atom stereocenters. The standard InChI is InChI=1S/C8H5Cl6N3/c1-2-3-4-15-5(7(9,10)11)17-6(16-4)8(12,13)14/h2H,1,3H2. The fourth-order valence-corrected chi connectivity index (χ4v) is 1.40. The molecule has 3 nitrogen and oxygen atoms in total. The van der Waals surface area contributed by atoms with Gasteiger partial charge < -0.3 is 0 Å². The van der Waals surface area contributed by atoms with Gasteiger partial charge in [-0.25, -0.2) is 15.0 Å². The van der Waals surface area contributed by atoms with E-state index in [9.17, 15) is 0 Å². The molecule has 17 heavy (non-hydrogen) atoms. The molecule has 0 saturated carbocycles. The van der Waals surface area contributed by atoms with Gasteiger partial charge >= 0.3 is 0 Å². The fourth-order valence-electron chi connectivity index (χ4n) is 0.894. The molecule has 94 valence electrons. The summed E-state index contributed by atoms with van der Waals surface area (Å²) in [6, 6.07) is 0. The molecular formula is C8H5Cl6N3. The van der Waals surface area contributed by atoms with Crippen molar-refractivity contribution in [2.45, 2.75) is 14.0 Å².